The van der Waals surface area contributed by atoms with Crippen molar-refractivity contribution >= 4 is 5.97 Å². The van der Waals surface area contributed by atoms with E-state index in [-0.39, 0.29) is 6.42 Å². The number of hydrogen-bond acceptors (Lipinski definition) is 1. The zero-order valence-corrected chi connectivity index (χ0v) is 10.2. The summed E-state index contributed by atoms with van der Waals surface area (Å²) in [6, 6.07) is 9.89. The summed E-state index contributed by atoms with van der Waals surface area (Å²) in [5.74, 6) is -0.769. The van der Waals surface area contributed by atoms with Gasteiger partial charge in [-0.3, -0.25) is 4.79 Å². The molecule has 0 fully saturated rings. The smallest absolute Gasteiger partial charge is 0.307 e. The van der Waals surface area contributed by atoms with E-state index in [2.05, 4.69) is 0 Å². The maximum absolute atomic E-state index is 10.5. The fourth-order valence-electron chi connectivity index (χ4n) is 1.32. The van der Waals surface area contributed by atoms with Gasteiger partial charge in [0.05, 0.1) is 6.42 Å². The molecule has 0 aliphatic rings. The molecule has 0 amide bonds. The van der Waals surface area contributed by atoms with Crippen molar-refractivity contribution in [2.24, 2.45) is 0 Å². The molecule has 0 radical (unpaired) electrons. The van der Waals surface area contributed by atoms with Gasteiger partial charge < -0.3 is 5.11 Å². The number of allylic oxidation sites excluding steroid dienone is 1. The Labute approximate surface area is 97.6 Å². The van der Waals surface area contributed by atoms with Gasteiger partial charge in [-0.25, -0.2) is 0 Å². The molecular formula is C14H20O2. The number of aliphatic carboxylic acids is 1. The van der Waals surface area contributed by atoms with Crippen molar-refractivity contribution in [2.75, 3.05) is 0 Å². The molecule has 0 aliphatic heterocycles. The Morgan fingerprint density at radius 2 is 1.81 bits per heavy atom. The van der Waals surface area contributed by atoms with Crippen LogP contribution in [0.5, 0.6) is 0 Å². The van der Waals surface area contributed by atoms with E-state index in [9.17, 15) is 4.79 Å². The fourth-order valence-corrected chi connectivity index (χ4v) is 1.32. The first-order valence-electron chi connectivity index (χ1n) is 5.62. The van der Waals surface area contributed by atoms with Gasteiger partial charge in [0.1, 0.15) is 0 Å². The van der Waals surface area contributed by atoms with Gasteiger partial charge in [0, 0.05) is 0 Å². The number of carboxylic acid groups (broad SMARTS) is 1. The third-order valence-corrected chi connectivity index (χ3v) is 2.06. The minimum absolute atomic E-state index is 0.130. The maximum atomic E-state index is 10.5. The minimum atomic E-state index is -0.769. The summed E-state index contributed by atoms with van der Waals surface area (Å²) >= 11 is 0. The highest BCUT2D eigenvalue weighted by Crippen LogP contribution is 2.10. The quantitative estimate of drug-likeness (QED) is 0.786. The average molecular weight is 220 g/mol. The molecule has 0 aromatic heterocycles. The van der Waals surface area contributed by atoms with Gasteiger partial charge in [-0.2, -0.15) is 0 Å². The molecule has 2 heteroatoms. The van der Waals surface area contributed by atoms with E-state index in [0.717, 1.165) is 17.6 Å². The second-order valence-corrected chi connectivity index (χ2v) is 3.18. The largest absolute Gasteiger partial charge is 0.481 e. The van der Waals surface area contributed by atoms with Crippen LogP contribution in [0.3, 0.4) is 0 Å². The van der Waals surface area contributed by atoms with Gasteiger partial charge in [-0.1, -0.05) is 55.8 Å². The van der Waals surface area contributed by atoms with Crippen LogP contribution in [-0.4, -0.2) is 11.1 Å². The number of rotatable bonds is 4. The topological polar surface area (TPSA) is 37.3 Å². The van der Waals surface area contributed by atoms with Gasteiger partial charge in [-0.05, 0) is 18.9 Å². The van der Waals surface area contributed by atoms with Crippen molar-refractivity contribution < 1.29 is 9.90 Å². The second kappa shape index (κ2) is 8.72. The monoisotopic (exact) mass is 220 g/mol. The van der Waals surface area contributed by atoms with Crippen molar-refractivity contribution in [2.45, 2.75) is 33.6 Å². The Balaban J connectivity index is 0.00000106. The highest BCUT2D eigenvalue weighted by Gasteiger charge is 2.03. The van der Waals surface area contributed by atoms with Crippen LogP contribution in [0.15, 0.2) is 42.0 Å². The normalized spacial score (nSPS) is 10.3. The van der Waals surface area contributed by atoms with Crippen LogP contribution in [0.2, 0.25) is 0 Å². The summed E-state index contributed by atoms with van der Waals surface area (Å²) in [5.41, 5.74) is 2.10. The highest BCUT2D eigenvalue weighted by molar-refractivity contribution is 5.70. The molecule has 0 saturated carbocycles. The van der Waals surface area contributed by atoms with E-state index in [1.54, 1.807) is 0 Å². The first-order chi connectivity index (χ1) is 7.72. The third-order valence-electron chi connectivity index (χ3n) is 2.06. The first-order valence-corrected chi connectivity index (χ1v) is 5.62. The van der Waals surface area contributed by atoms with Crippen LogP contribution in [-0.2, 0) is 11.2 Å². The lowest BCUT2D eigenvalue weighted by Crippen LogP contribution is -1.99. The van der Waals surface area contributed by atoms with Crippen molar-refractivity contribution in [1.29, 1.82) is 0 Å². The Hall–Kier alpha value is -1.57. The molecule has 0 heterocycles. The summed E-state index contributed by atoms with van der Waals surface area (Å²) in [6.07, 6.45) is 2.73. The Morgan fingerprint density at radius 3 is 2.25 bits per heavy atom. The predicted octanol–water partition coefficient (Wildman–Crippen LogP) is 3.68. The highest BCUT2D eigenvalue weighted by atomic mass is 16.4. The molecule has 0 unspecified atom stereocenters. The van der Waals surface area contributed by atoms with Gasteiger partial charge >= 0.3 is 5.97 Å². The van der Waals surface area contributed by atoms with E-state index < -0.39 is 5.97 Å². The van der Waals surface area contributed by atoms with Crippen LogP contribution >= 0.6 is 0 Å². The Kier molecular flexibility index (Phi) is 7.86. The molecule has 2 nitrogen and oxygen atoms in total. The number of hydrogen-bond donors (Lipinski definition) is 1. The van der Waals surface area contributed by atoms with Crippen molar-refractivity contribution in [3.8, 4) is 0 Å². The van der Waals surface area contributed by atoms with Gasteiger partial charge in [0.2, 0.25) is 0 Å². The van der Waals surface area contributed by atoms with E-state index in [1.807, 2.05) is 57.2 Å². The lowest BCUT2D eigenvalue weighted by molar-refractivity contribution is -0.136. The maximum Gasteiger partial charge on any atom is 0.307 e. The summed E-state index contributed by atoms with van der Waals surface area (Å²) in [4.78, 5) is 10.5. The van der Waals surface area contributed by atoms with Crippen molar-refractivity contribution in [3.63, 3.8) is 0 Å². The third kappa shape index (κ3) is 6.02. The van der Waals surface area contributed by atoms with E-state index in [0.29, 0.717) is 0 Å². The number of carbonyl (C=O) groups is 1. The number of carboxylic acids is 1. The number of benzene rings is 1. The zero-order valence-electron chi connectivity index (χ0n) is 10.2. The summed E-state index contributed by atoms with van der Waals surface area (Å²) in [5, 5.41) is 8.65. The lowest BCUT2D eigenvalue weighted by Gasteiger charge is -2.03. The fraction of sp³-hybridized carbons (Fsp3) is 0.357. The summed E-state index contributed by atoms with van der Waals surface area (Å²) < 4.78 is 0. The van der Waals surface area contributed by atoms with Crippen LogP contribution in [0.4, 0.5) is 0 Å². The Morgan fingerprint density at radius 1 is 1.25 bits per heavy atom. The molecule has 1 rings (SSSR count). The van der Waals surface area contributed by atoms with E-state index >= 15 is 0 Å². The predicted molar refractivity (Wildman–Crippen MR) is 67.5 cm³/mol. The summed E-state index contributed by atoms with van der Waals surface area (Å²) in [6.45, 7) is 5.88. The molecule has 0 saturated heterocycles. The molecule has 88 valence electrons. The van der Waals surface area contributed by atoms with E-state index in [1.165, 1.54) is 0 Å². The molecule has 16 heavy (non-hydrogen) atoms. The van der Waals surface area contributed by atoms with Crippen LogP contribution in [0.1, 0.15) is 32.8 Å². The Bertz CT molecular complexity index is 326. The van der Waals surface area contributed by atoms with Gasteiger partial charge in [-0.15, -0.1) is 0 Å². The van der Waals surface area contributed by atoms with Gasteiger partial charge in [0.25, 0.3) is 0 Å². The SMILES string of the molecule is CC.CC=C(CC(=O)O)Cc1ccccc1. The van der Waals surface area contributed by atoms with Gasteiger partial charge in [0.15, 0.2) is 0 Å². The molecular weight excluding hydrogens is 200 g/mol. The molecule has 1 aromatic rings. The van der Waals surface area contributed by atoms with E-state index in [4.69, 9.17) is 5.11 Å². The molecule has 1 N–H and O–H groups in total. The lowest BCUT2D eigenvalue weighted by atomic mass is 10.0. The zero-order chi connectivity index (χ0) is 12.4. The molecule has 1 aromatic carbocycles. The second-order valence-electron chi connectivity index (χ2n) is 3.18. The molecule has 0 bridgehead atoms. The minimum Gasteiger partial charge on any atom is -0.481 e. The molecule has 0 spiro atoms. The van der Waals surface area contributed by atoms with Crippen LogP contribution < -0.4 is 0 Å². The van der Waals surface area contributed by atoms with Crippen molar-refractivity contribution in [1.82, 2.24) is 0 Å². The first kappa shape index (κ1) is 14.4. The standard InChI is InChI=1S/C12H14O2.C2H6/c1-2-10(9-12(13)14)8-11-6-4-3-5-7-11;1-2/h2-7H,8-9H2,1H3,(H,13,14);1-2H3. The van der Waals surface area contributed by atoms with Crippen molar-refractivity contribution in [3.05, 3.63) is 47.5 Å². The van der Waals surface area contributed by atoms with Crippen LogP contribution in [0, 0.1) is 0 Å². The molecule has 0 aliphatic carbocycles. The molecule has 0 atom stereocenters. The summed E-state index contributed by atoms with van der Waals surface area (Å²) in [7, 11) is 0. The average Bonchev–Trinajstić information content (AvgIpc) is 2.31. The van der Waals surface area contributed by atoms with Crippen LogP contribution in [0.25, 0.3) is 0 Å².